The number of aliphatic hydroxyl groups excluding tert-OH is 1. The van der Waals surface area contributed by atoms with Crippen molar-refractivity contribution in [2.75, 3.05) is 39.3 Å². The van der Waals surface area contributed by atoms with E-state index in [4.69, 9.17) is 0 Å². The summed E-state index contributed by atoms with van der Waals surface area (Å²) in [6.45, 7) is 7.55. The van der Waals surface area contributed by atoms with Gasteiger partial charge in [0.15, 0.2) is 0 Å². The molecule has 0 unspecified atom stereocenters. The van der Waals surface area contributed by atoms with Gasteiger partial charge in [-0.25, -0.2) is 0 Å². The van der Waals surface area contributed by atoms with Gasteiger partial charge in [-0.05, 0) is 12.8 Å². The molecule has 0 aromatic rings. The lowest BCUT2D eigenvalue weighted by Gasteiger charge is -2.21. The topological polar surface area (TPSA) is 81.7 Å². The average molecular weight is 400 g/mol. The number of nitrogens with one attached hydrogen (secondary N) is 2. The monoisotopic (exact) mass is 399 g/mol. The summed E-state index contributed by atoms with van der Waals surface area (Å²) in [6.07, 6.45) is 12.7. The Morgan fingerprint density at radius 3 is 1.50 bits per heavy atom. The molecule has 0 aromatic heterocycles. The summed E-state index contributed by atoms with van der Waals surface area (Å²) >= 11 is 0. The molecule has 2 amide bonds. The first-order chi connectivity index (χ1) is 13.6. The first-order valence-corrected chi connectivity index (χ1v) is 11.5. The Kier molecular flexibility index (Phi) is 19.8. The number of unbranched alkanes of at least 4 members (excludes halogenated alkanes) is 8. The highest BCUT2D eigenvalue weighted by atomic mass is 16.3. The second-order valence-electron chi connectivity index (χ2n) is 7.59. The number of carbonyl (C=O) groups is 2. The summed E-state index contributed by atoms with van der Waals surface area (Å²) in [4.78, 5) is 25.8. The standard InChI is InChI=1S/C22H45N3O3/c1-3-5-7-9-11-13-21(27)23-15-17-25(19-20-26)18-16-24-22(28)14-12-10-8-6-4-2/h26H,3-20H2,1-2H3,(H,23,27)(H,24,28). The molecule has 0 fully saturated rings. The van der Waals surface area contributed by atoms with Crippen LogP contribution < -0.4 is 10.6 Å². The number of carbonyl (C=O) groups excluding carboxylic acids is 2. The zero-order valence-electron chi connectivity index (χ0n) is 18.4. The van der Waals surface area contributed by atoms with Gasteiger partial charge in [-0.15, -0.1) is 0 Å². The first kappa shape index (κ1) is 26.9. The van der Waals surface area contributed by atoms with Crippen molar-refractivity contribution in [3.05, 3.63) is 0 Å². The van der Waals surface area contributed by atoms with Crippen molar-refractivity contribution in [3.63, 3.8) is 0 Å². The number of nitrogens with zero attached hydrogens (tertiary/aromatic N) is 1. The highest BCUT2D eigenvalue weighted by molar-refractivity contribution is 5.76. The molecule has 0 saturated heterocycles. The molecule has 0 aromatic carbocycles. The molecular formula is C22H45N3O3. The molecule has 0 rings (SSSR count). The Morgan fingerprint density at radius 1 is 0.679 bits per heavy atom. The molecule has 6 nitrogen and oxygen atoms in total. The van der Waals surface area contributed by atoms with Crippen LogP contribution in [0.15, 0.2) is 0 Å². The average Bonchev–Trinajstić information content (AvgIpc) is 2.67. The van der Waals surface area contributed by atoms with Gasteiger partial charge in [0.25, 0.3) is 0 Å². The predicted octanol–water partition coefficient (Wildman–Crippen LogP) is 3.23. The number of aliphatic hydroxyl groups is 1. The molecule has 28 heavy (non-hydrogen) atoms. The molecule has 0 saturated carbocycles. The van der Waals surface area contributed by atoms with Crippen LogP contribution in [0.4, 0.5) is 0 Å². The van der Waals surface area contributed by atoms with Crippen LogP contribution in [-0.4, -0.2) is 61.2 Å². The van der Waals surface area contributed by atoms with E-state index in [-0.39, 0.29) is 18.4 Å². The summed E-state index contributed by atoms with van der Waals surface area (Å²) in [5.74, 6) is 0.216. The minimum atomic E-state index is 0.0801. The smallest absolute Gasteiger partial charge is 0.220 e. The number of rotatable bonds is 20. The summed E-state index contributed by atoms with van der Waals surface area (Å²) < 4.78 is 0. The van der Waals surface area contributed by atoms with Crippen LogP contribution in [0.5, 0.6) is 0 Å². The van der Waals surface area contributed by atoms with Gasteiger partial charge >= 0.3 is 0 Å². The van der Waals surface area contributed by atoms with Crippen LogP contribution in [-0.2, 0) is 9.59 Å². The van der Waals surface area contributed by atoms with E-state index in [2.05, 4.69) is 29.4 Å². The fraction of sp³-hybridized carbons (Fsp3) is 0.909. The largest absolute Gasteiger partial charge is 0.395 e. The van der Waals surface area contributed by atoms with E-state index in [1.807, 2.05) is 0 Å². The van der Waals surface area contributed by atoms with Gasteiger partial charge < -0.3 is 15.7 Å². The van der Waals surface area contributed by atoms with Gasteiger partial charge in [-0.2, -0.15) is 0 Å². The third-order valence-corrected chi connectivity index (χ3v) is 4.93. The van der Waals surface area contributed by atoms with Crippen molar-refractivity contribution in [3.8, 4) is 0 Å². The Bertz CT molecular complexity index is 346. The number of amides is 2. The summed E-state index contributed by atoms with van der Waals surface area (Å²) in [7, 11) is 0. The van der Waals surface area contributed by atoms with Crippen molar-refractivity contribution in [2.45, 2.75) is 90.9 Å². The van der Waals surface area contributed by atoms with E-state index in [0.29, 0.717) is 45.6 Å². The Hall–Kier alpha value is -1.14. The molecule has 0 atom stereocenters. The van der Waals surface area contributed by atoms with E-state index in [1.54, 1.807) is 0 Å². The van der Waals surface area contributed by atoms with Gasteiger partial charge in [0.05, 0.1) is 6.61 Å². The zero-order chi connectivity index (χ0) is 20.9. The minimum absolute atomic E-state index is 0.0801. The van der Waals surface area contributed by atoms with Crippen LogP contribution in [0.25, 0.3) is 0 Å². The van der Waals surface area contributed by atoms with Gasteiger partial charge in [0.2, 0.25) is 11.8 Å². The van der Waals surface area contributed by atoms with Gasteiger partial charge in [0, 0.05) is 45.6 Å². The fourth-order valence-corrected chi connectivity index (χ4v) is 3.14. The molecule has 0 bridgehead atoms. The highest BCUT2D eigenvalue weighted by Crippen LogP contribution is 2.05. The van der Waals surface area contributed by atoms with Crippen LogP contribution in [0, 0.1) is 0 Å². The van der Waals surface area contributed by atoms with Crippen molar-refractivity contribution in [1.29, 1.82) is 0 Å². The van der Waals surface area contributed by atoms with Crippen molar-refractivity contribution in [1.82, 2.24) is 15.5 Å². The lowest BCUT2D eigenvalue weighted by molar-refractivity contribution is -0.121. The summed E-state index contributed by atoms with van der Waals surface area (Å²) in [5.41, 5.74) is 0. The van der Waals surface area contributed by atoms with Crippen LogP contribution in [0.1, 0.15) is 90.9 Å². The second-order valence-corrected chi connectivity index (χ2v) is 7.59. The third kappa shape index (κ3) is 18.2. The Balaban J connectivity index is 3.76. The van der Waals surface area contributed by atoms with Gasteiger partial charge in [-0.3, -0.25) is 14.5 Å². The van der Waals surface area contributed by atoms with E-state index in [1.165, 1.54) is 38.5 Å². The summed E-state index contributed by atoms with van der Waals surface area (Å²) in [6, 6.07) is 0. The normalized spacial score (nSPS) is 11.0. The quantitative estimate of drug-likeness (QED) is 0.275. The molecule has 6 heteroatoms. The molecule has 0 spiro atoms. The molecule has 166 valence electrons. The van der Waals surface area contributed by atoms with Crippen LogP contribution >= 0.6 is 0 Å². The van der Waals surface area contributed by atoms with Crippen molar-refractivity contribution in [2.24, 2.45) is 0 Å². The maximum Gasteiger partial charge on any atom is 0.220 e. The van der Waals surface area contributed by atoms with Crippen molar-refractivity contribution < 1.29 is 14.7 Å². The van der Waals surface area contributed by atoms with Gasteiger partial charge in [0.1, 0.15) is 0 Å². The maximum atomic E-state index is 11.8. The number of hydrogen-bond donors (Lipinski definition) is 3. The van der Waals surface area contributed by atoms with E-state index in [9.17, 15) is 14.7 Å². The second kappa shape index (κ2) is 20.6. The molecule has 0 aliphatic carbocycles. The van der Waals surface area contributed by atoms with Crippen molar-refractivity contribution >= 4 is 11.8 Å². The predicted molar refractivity (Wildman–Crippen MR) is 116 cm³/mol. The van der Waals surface area contributed by atoms with E-state index in [0.717, 1.165) is 25.7 Å². The molecule has 0 aliphatic heterocycles. The van der Waals surface area contributed by atoms with E-state index < -0.39 is 0 Å². The van der Waals surface area contributed by atoms with Gasteiger partial charge in [-0.1, -0.05) is 65.2 Å². The highest BCUT2D eigenvalue weighted by Gasteiger charge is 2.07. The Labute approximate surface area is 172 Å². The number of hydrogen-bond acceptors (Lipinski definition) is 4. The maximum absolute atomic E-state index is 11.8. The van der Waals surface area contributed by atoms with E-state index >= 15 is 0 Å². The van der Waals surface area contributed by atoms with Crippen LogP contribution in [0.2, 0.25) is 0 Å². The SMILES string of the molecule is CCCCCCCC(=O)NCCN(CCO)CCNC(=O)CCCCCCC. The molecule has 3 N–H and O–H groups in total. The third-order valence-electron chi connectivity index (χ3n) is 4.93. The summed E-state index contributed by atoms with van der Waals surface area (Å²) in [5, 5.41) is 15.1. The van der Waals surface area contributed by atoms with Crippen LogP contribution in [0.3, 0.4) is 0 Å². The molecule has 0 aliphatic rings. The fourth-order valence-electron chi connectivity index (χ4n) is 3.14. The molecule has 0 radical (unpaired) electrons. The molecule has 0 heterocycles. The Morgan fingerprint density at radius 2 is 1.11 bits per heavy atom. The first-order valence-electron chi connectivity index (χ1n) is 11.5. The lowest BCUT2D eigenvalue weighted by Crippen LogP contribution is -2.40. The molecular weight excluding hydrogens is 354 g/mol. The lowest BCUT2D eigenvalue weighted by atomic mass is 10.1. The zero-order valence-corrected chi connectivity index (χ0v) is 18.4. The minimum Gasteiger partial charge on any atom is -0.395 e.